The molecule has 4 aromatic heterocycles. The third-order valence-corrected chi connectivity index (χ3v) is 11.0. The summed E-state index contributed by atoms with van der Waals surface area (Å²) in [5.41, 5.74) is 5.41. The van der Waals surface area contributed by atoms with Crippen LogP contribution in [-0.4, -0.2) is 168 Å². The summed E-state index contributed by atoms with van der Waals surface area (Å²) in [4.78, 5) is 57.6. The van der Waals surface area contributed by atoms with E-state index >= 15 is 0 Å². The molecule has 0 radical (unpaired) electrons. The highest BCUT2D eigenvalue weighted by Crippen LogP contribution is 2.24. The van der Waals surface area contributed by atoms with Crippen LogP contribution in [0.1, 0.15) is 24.0 Å². The van der Waals surface area contributed by atoms with E-state index in [4.69, 9.17) is 32.2 Å². The average molecular weight is 882 g/mol. The first-order valence-electron chi connectivity index (χ1n) is 20.0. The number of ether oxygens (including phenoxy) is 2. The lowest BCUT2D eigenvalue weighted by Gasteiger charge is -2.35. The molecule has 4 saturated heterocycles. The van der Waals surface area contributed by atoms with Gasteiger partial charge in [-0.15, -0.1) is 0 Å². The van der Waals surface area contributed by atoms with Crippen molar-refractivity contribution in [1.82, 2.24) is 45.0 Å². The zero-order valence-electron chi connectivity index (χ0n) is 34.4. The SMILES string of the molecule is N#Cc1cnc(Nc2cc(N3CCN(CC(=O)NC4CCOC4)CC3)ncn2)s1.N#Cc1cnc(Nc2cc(N3CCN(CC(=O)O)CC3)ncn2)s1.NC1CCOC1.[2H]CF. The number of hydrogen-bond donors (Lipinski definition) is 5. The average Bonchev–Trinajstić information content (AvgIpc) is 4.13. The molecule has 6 N–H and O–H groups in total. The molecule has 4 aliphatic rings. The highest BCUT2D eigenvalue weighted by atomic mass is 32.1. The Kier molecular flexibility index (Phi) is 18.0. The zero-order chi connectivity index (χ0) is 44.1. The number of piperazine rings is 2. The number of carboxylic acid groups (broad SMARTS) is 1. The van der Waals surface area contributed by atoms with Crippen LogP contribution in [0.4, 0.5) is 37.9 Å². The Morgan fingerprint density at radius 1 is 0.820 bits per heavy atom. The van der Waals surface area contributed by atoms with Crippen LogP contribution in [-0.2, 0) is 19.1 Å². The fourth-order valence-electron chi connectivity index (χ4n) is 6.30. The van der Waals surface area contributed by atoms with Crippen molar-refractivity contribution in [2.45, 2.75) is 24.9 Å². The summed E-state index contributed by atoms with van der Waals surface area (Å²) in [6, 6.07) is 8.28. The van der Waals surface area contributed by atoms with E-state index in [9.17, 15) is 14.0 Å². The number of amides is 1. The van der Waals surface area contributed by atoms with E-state index < -0.39 is 13.1 Å². The van der Waals surface area contributed by atoms with Crippen molar-refractivity contribution >= 4 is 68.1 Å². The molecule has 4 fully saturated rings. The van der Waals surface area contributed by atoms with Crippen molar-refractivity contribution in [1.29, 1.82) is 10.5 Å². The number of carbonyl (C=O) groups is 2. The van der Waals surface area contributed by atoms with Gasteiger partial charge in [0.1, 0.15) is 57.8 Å². The molecule has 0 saturated carbocycles. The number of thiazole rings is 2. The number of nitriles is 2. The molecular weight excluding hydrogens is 832 g/mol. The molecule has 21 nitrogen and oxygen atoms in total. The number of aliphatic carboxylic acids is 1. The normalized spacial score (nSPS) is 19.0. The smallest absolute Gasteiger partial charge is 0.317 e. The van der Waals surface area contributed by atoms with Crippen molar-refractivity contribution in [2.75, 3.05) is 119 Å². The van der Waals surface area contributed by atoms with Crippen molar-refractivity contribution in [2.24, 2.45) is 5.73 Å². The fourth-order valence-corrected chi connectivity index (χ4v) is 7.54. The number of carbonyl (C=O) groups excluding carboxylic acids is 1. The summed E-state index contributed by atoms with van der Waals surface area (Å²) < 4.78 is 25.7. The molecule has 4 aliphatic heterocycles. The van der Waals surface area contributed by atoms with Gasteiger partial charge < -0.3 is 46.1 Å². The van der Waals surface area contributed by atoms with Gasteiger partial charge in [0, 0.05) is 83.7 Å². The minimum absolute atomic E-state index is 0.0580. The summed E-state index contributed by atoms with van der Waals surface area (Å²) in [6.45, 7) is 9.36. The van der Waals surface area contributed by atoms with E-state index in [1.807, 2.05) is 23.1 Å². The molecule has 2 unspecified atom stereocenters. The zero-order valence-corrected chi connectivity index (χ0v) is 35.0. The number of alkyl halides is 1. The molecule has 0 aromatic carbocycles. The molecule has 0 bridgehead atoms. The van der Waals surface area contributed by atoms with Crippen LogP contribution in [0, 0.1) is 22.7 Å². The number of aromatic nitrogens is 6. The van der Waals surface area contributed by atoms with Gasteiger partial charge in [-0.2, -0.15) is 10.5 Å². The Balaban J connectivity index is 0.000000197. The van der Waals surface area contributed by atoms with Gasteiger partial charge >= 0.3 is 5.97 Å². The molecule has 1 amide bonds. The van der Waals surface area contributed by atoms with E-state index in [1.54, 1.807) is 0 Å². The monoisotopic (exact) mass is 881 g/mol. The number of anilines is 6. The van der Waals surface area contributed by atoms with Gasteiger partial charge in [-0.05, 0) is 12.8 Å². The molecule has 61 heavy (non-hydrogen) atoms. The summed E-state index contributed by atoms with van der Waals surface area (Å²) >= 11 is 2.53. The minimum atomic E-state index is -1.00. The van der Waals surface area contributed by atoms with Crippen LogP contribution in [0.2, 0.25) is 0 Å². The first-order chi connectivity index (χ1) is 30.1. The van der Waals surface area contributed by atoms with Crippen molar-refractivity contribution in [3.63, 3.8) is 0 Å². The number of rotatable bonds is 11. The molecule has 8 heterocycles. The van der Waals surface area contributed by atoms with Crippen molar-refractivity contribution in [3.05, 3.63) is 46.9 Å². The lowest BCUT2D eigenvalue weighted by Crippen LogP contribution is -2.50. The Hall–Kier alpha value is -5.73. The van der Waals surface area contributed by atoms with Gasteiger partial charge in [0.05, 0.1) is 53.3 Å². The Bertz CT molecular complexity index is 2080. The Labute approximate surface area is 361 Å². The fraction of sp³-hybridized carbons (Fsp3) is 0.514. The van der Waals surface area contributed by atoms with Gasteiger partial charge in [-0.25, -0.2) is 29.9 Å². The topological polar surface area (TPSA) is 273 Å². The number of hydrogen-bond acceptors (Lipinski definition) is 21. The third kappa shape index (κ3) is 15.4. The molecule has 8 rings (SSSR count). The van der Waals surface area contributed by atoms with Crippen LogP contribution in [0.5, 0.6) is 0 Å². The summed E-state index contributed by atoms with van der Waals surface area (Å²) in [5, 5.41) is 37.0. The molecule has 326 valence electrons. The molecule has 0 aliphatic carbocycles. The van der Waals surface area contributed by atoms with Crippen molar-refractivity contribution in [3.8, 4) is 12.1 Å². The van der Waals surface area contributed by atoms with E-state index in [0.717, 1.165) is 70.5 Å². The van der Waals surface area contributed by atoms with E-state index in [0.29, 0.717) is 77.0 Å². The molecular formula is C37H49FN16O5S2. The largest absolute Gasteiger partial charge is 0.480 e. The summed E-state index contributed by atoms with van der Waals surface area (Å²) in [7, 11) is -1.00. The lowest BCUT2D eigenvalue weighted by atomic mass is 10.2. The highest BCUT2D eigenvalue weighted by molar-refractivity contribution is 7.16. The number of nitrogens with one attached hydrogen (secondary N) is 3. The predicted octanol–water partition coefficient (Wildman–Crippen LogP) is 1.65. The first kappa shape index (κ1) is 44.8. The van der Waals surface area contributed by atoms with Gasteiger partial charge in [-0.1, -0.05) is 22.7 Å². The maximum Gasteiger partial charge on any atom is 0.317 e. The predicted molar refractivity (Wildman–Crippen MR) is 227 cm³/mol. The van der Waals surface area contributed by atoms with Gasteiger partial charge in [0.25, 0.3) is 0 Å². The van der Waals surface area contributed by atoms with Gasteiger partial charge in [0.15, 0.2) is 10.3 Å². The molecule has 24 heteroatoms. The maximum atomic E-state index is 12.2. The van der Waals surface area contributed by atoms with Gasteiger partial charge in [0.2, 0.25) is 5.91 Å². The number of nitrogens with zero attached hydrogens (tertiary/aromatic N) is 12. The van der Waals surface area contributed by atoms with E-state index in [1.165, 1.54) is 47.7 Å². The second kappa shape index (κ2) is 24.5. The van der Waals surface area contributed by atoms with Gasteiger partial charge in [-0.3, -0.25) is 23.8 Å². The standard InChI is InChI=1S/C18H22N8O2S.C14H15N7O2S.C4H9NO.CH3F/c19-8-14-9-20-18(29-14)24-15-7-16(22-12-21-15)26-4-2-25(3-5-26)10-17(27)23-13-1-6-28-11-13;15-6-10-7-16-14(24-10)19-11-5-12(18-9-17-11)21-3-1-20(2-4-21)8-13(22)23;5-4-1-2-6-3-4;1-2/h7,9,12-13H,1-6,10-11H2,(H,23,27)(H,20,21,22,24);5,7,9H,1-4,8H2,(H,22,23)(H,16,17,18,19);4H,1-3,5H2;1H3/i;;;1D. The number of halogens is 1. The van der Waals surface area contributed by atoms with Crippen LogP contribution in [0.15, 0.2) is 37.2 Å². The van der Waals surface area contributed by atoms with Crippen LogP contribution < -0.4 is 31.5 Å². The summed E-state index contributed by atoms with van der Waals surface area (Å²) in [5.74, 6) is 2.09. The lowest BCUT2D eigenvalue weighted by molar-refractivity contribution is -0.138. The van der Waals surface area contributed by atoms with Crippen LogP contribution >= 0.6 is 22.7 Å². The van der Waals surface area contributed by atoms with Crippen LogP contribution in [0.3, 0.4) is 0 Å². The van der Waals surface area contributed by atoms with E-state index in [-0.39, 0.29) is 18.5 Å². The highest BCUT2D eigenvalue weighted by Gasteiger charge is 2.24. The van der Waals surface area contributed by atoms with Crippen molar-refractivity contribution < 1.29 is 29.9 Å². The summed E-state index contributed by atoms with van der Waals surface area (Å²) in [6.07, 6.45) is 7.96. The number of nitrogens with two attached hydrogens (primary N) is 1. The maximum absolute atomic E-state index is 12.2. The molecule has 4 aromatic rings. The Morgan fingerprint density at radius 3 is 1.70 bits per heavy atom. The van der Waals surface area contributed by atoms with Crippen LogP contribution in [0.25, 0.3) is 0 Å². The number of carboxylic acids is 1. The first-order valence-corrected chi connectivity index (χ1v) is 20.9. The quantitative estimate of drug-likeness (QED) is 0.143. The molecule has 0 spiro atoms. The minimum Gasteiger partial charge on any atom is -0.480 e. The second-order valence-electron chi connectivity index (χ2n) is 13.7. The molecule has 2 atom stereocenters. The Morgan fingerprint density at radius 2 is 1.31 bits per heavy atom. The third-order valence-electron chi connectivity index (χ3n) is 9.39. The van der Waals surface area contributed by atoms with E-state index in [2.05, 4.69) is 66.6 Å². The second-order valence-corrected chi connectivity index (χ2v) is 15.8.